The molecule has 1 saturated heterocycles. The van der Waals surface area contributed by atoms with E-state index in [1.54, 1.807) is 24.3 Å². The third-order valence-corrected chi connectivity index (χ3v) is 3.73. The van der Waals surface area contributed by atoms with Crippen molar-refractivity contribution in [2.45, 2.75) is 12.8 Å². The number of carbonyl (C=O) groups excluding carboxylic acids is 2. The third-order valence-electron chi connectivity index (χ3n) is 3.73. The Bertz CT molecular complexity index is 510. The van der Waals surface area contributed by atoms with Crippen molar-refractivity contribution in [1.29, 1.82) is 0 Å². The summed E-state index contributed by atoms with van der Waals surface area (Å²) in [5.41, 5.74) is 11.3. The molecule has 108 valence electrons. The lowest BCUT2D eigenvalue weighted by atomic mass is 9.79. The van der Waals surface area contributed by atoms with Crippen LogP contribution in [0.4, 0.5) is 5.69 Å². The molecule has 1 aromatic carbocycles. The average molecular weight is 277 g/mol. The first kappa shape index (κ1) is 14.5. The van der Waals surface area contributed by atoms with E-state index in [-0.39, 0.29) is 12.5 Å². The van der Waals surface area contributed by atoms with Gasteiger partial charge in [-0.3, -0.25) is 9.59 Å². The fraction of sp³-hybridized carbons (Fsp3) is 0.429. The van der Waals surface area contributed by atoms with Crippen LogP contribution < -0.4 is 16.8 Å². The number of hydrogen-bond donors (Lipinski definition) is 3. The van der Waals surface area contributed by atoms with Crippen LogP contribution in [0.5, 0.6) is 0 Å². The van der Waals surface area contributed by atoms with Gasteiger partial charge in [-0.25, -0.2) is 0 Å². The van der Waals surface area contributed by atoms with Gasteiger partial charge >= 0.3 is 0 Å². The van der Waals surface area contributed by atoms with Crippen LogP contribution in [0, 0.1) is 5.41 Å². The van der Waals surface area contributed by atoms with Crippen LogP contribution in [0.2, 0.25) is 0 Å². The number of nitrogens with one attached hydrogen (secondary N) is 1. The normalized spacial score (nSPS) is 17.4. The molecule has 0 spiro atoms. The van der Waals surface area contributed by atoms with Crippen molar-refractivity contribution in [3.8, 4) is 0 Å². The van der Waals surface area contributed by atoms with Crippen LogP contribution in [-0.4, -0.2) is 31.6 Å². The highest BCUT2D eigenvalue weighted by atomic mass is 16.5. The lowest BCUT2D eigenvalue weighted by Gasteiger charge is -2.34. The second-order valence-electron chi connectivity index (χ2n) is 5.00. The first-order valence-corrected chi connectivity index (χ1v) is 6.56. The summed E-state index contributed by atoms with van der Waals surface area (Å²) in [7, 11) is 0. The molecule has 6 heteroatoms. The molecule has 6 nitrogen and oxygen atoms in total. The zero-order valence-electron chi connectivity index (χ0n) is 11.2. The van der Waals surface area contributed by atoms with Gasteiger partial charge in [0.05, 0.1) is 5.41 Å². The molecular weight excluding hydrogens is 258 g/mol. The van der Waals surface area contributed by atoms with Gasteiger partial charge in [-0.15, -0.1) is 0 Å². The number of amides is 2. The van der Waals surface area contributed by atoms with Crippen LogP contribution in [-0.2, 0) is 9.53 Å². The molecule has 1 aromatic rings. The van der Waals surface area contributed by atoms with Crippen LogP contribution >= 0.6 is 0 Å². The number of benzene rings is 1. The smallest absolute Gasteiger partial charge is 0.248 e. The number of carbonyl (C=O) groups is 2. The third kappa shape index (κ3) is 2.97. The van der Waals surface area contributed by atoms with Gasteiger partial charge in [0.25, 0.3) is 0 Å². The Morgan fingerprint density at radius 3 is 2.60 bits per heavy atom. The van der Waals surface area contributed by atoms with Crippen molar-refractivity contribution in [2.75, 3.05) is 25.1 Å². The van der Waals surface area contributed by atoms with Gasteiger partial charge in [0.15, 0.2) is 0 Å². The van der Waals surface area contributed by atoms with Crippen molar-refractivity contribution in [3.05, 3.63) is 29.8 Å². The van der Waals surface area contributed by atoms with E-state index in [0.717, 1.165) is 0 Å². The van der Waals surface area contributed by atoms with E-state index in [4.69, 9.17) is 16.2 Å². The Morgan fingerprint density at radius 1 is 1.30 bits per heavy atom. The predicted molar refractivity (Wildman–Crippen MR) is 75.1 cm³/mol. The summed E-state index contributed by atoms with van der Waals surface area (Å²) in [5.74, 6) is -0.661. The molecule has 1 aliphatic rings. The van der Waals surface area contributed by atoms with Crippen molar-refractivity contribution in [1.82, 2.24) is 0 Å². The lowest BCUT2D eigenvalue weighted by molar-refractivity contribution is -0.130. The summed E-state index contributed by atoms with van der Waals surface area (Å²) in [5, 5.41) is 2.82. The maximum atomic E-state index is 12.4. The summed E-state index contributed by atoms with van der Waals surface area (Å²) >= 11 is 0. The van der Waals surface area contributed by atoms with E-state index in [1.807, 2.05) is 0 Å². The summed E-state index contributed by atoms with van der Waals surface area (Å²) in [6, 6.07) is 6.55. The highest BCUT2D eigenvalue weighted by molar-refractivity contribution is 5.98. The molecule has 0 bridgehead atoms. The van der Waals surface area contributed by atoms with Crippen LogP contribution in [0.3, 0.4) is 0 Å². The minimum atomic E-state index is -0.596. The van der Waals surface area contributed by atoms with Gasteiger partial charge in [0.2, 0.25) is 11.8 Å². The predicted octanol–water partition coefficient (Wildman–Crippen LogP) is 0.479. The van der Waals surface area contributed by atoms with Crippen molar-refractivity contribution >= 4 is 17.5 Å². The second-order valence-corrected chi connectivity index (χ2v) is 5.00. The highest BCUT2D eigenvalue weighted by Crippen LogP contribution is 2.30. The fourth-order valence-electron chi connectivity index (χ4n) is 2.30. The SMILES string of the molecule is NCC1(C(=O)Nc2cccc(C(N)=O)c2)CCOCC1. The van der Waals surface area contributed by atoms with E-state index < -0.39 is 11.3 Å². The molecule has 1 aliphatic heterocycles. The number of hydrogen-bond acceptors (Lipinski definition) is 4. The van der Waals surface area contributed by atoms with Gasteiger partial charge < -0.3 is 21.5 Å². The Balaban J connectivity index is 2.14. The highest BCUT2D eigenvalue weighted by Gasteiger charge is 2.38. The van der Waals surface area contributed by atoms with Crippen molar-refractivity contribution in [3.63, 3.8) is 0 Å². The second kappa shape index (κ2) is 6.02. The van der Waals surface area contributed by atoms with E-state index in [1.165, 1.54) is 0 Å². The molecule has 0 unspecified atom stereocenters. The minimum absolute atomic E-state index is 0.134. The van der Waals surface area contributed by atoms with Gasteiger partial charge in [-0.2, -0.15) is 0 Å². The molecule has 0 aliphatic carbocycles. The molecule has 0 radical (unpaired) electrons. The van der Waals surface area contributed by atoms with Gasteiger partial charge in [0, 0.05) is 31.0 Å². The zero-order chi connectivity index (χ0) is 14.6. The van der Waals surface area contributed by atoms with Crippen LogP contribution in [0.25, 0.3) is 0 Å². The van der Waals surface area contributed by atoms with Crippen LogP contribution in [0.15, 0.2) is 24.3 Å². The number of ether oxygens (including phenoxy) is 1. The molecule has 0 saturated carbocycles. The topological polar surface area (TPSA) is 107 Å². The maximum Gasteiger partial charge on any atom is 0.248 e. The molecule has 20 heavy (non-hydrogen) atoms. The Kier molecular flexibility index (Phi) is 4.36. The fourth-order valence-corrected chi connectivity index (χ4v) is 2.30. The van der Waals surface area contributed by atoms with Crippen molar-refractivity contribution in [2.24, 2.45) is 16.9 Å². The standard InChI is InChI=1S/C14H19N3O3/c15-9-14(4-6-20-7-5-14)13(19)17-11-3-1-2-10(8-11)12(16)18/h1-3,8H,4-7,9,15H2,(H2,16,18)(H,17,19). The Labute approximate surface area is 117 Å². The monoisotopic (exact) mass is 277 g/mol. The maximum absolute atomic E-state index is 12.4. The molecule has 1 heterocycles. The molecule has 2 rings (SSSR count). The molecule has 5 N–H and O–H groups in total. The number of nitrogens with two attached hydrogens (primary N) is 2. The summed E-state index contributed by atoms with van der Waals surface area (Å²) < 4.78 is 5.28. The van der Waals surface area contributed by atoms with Gasteiger partial charge in [-0.05, 0) is 31.0 Å². The number of rotatable bonds is 4. The first-order valence-electron chi connectivity index (χ1n) is 6.56. The van der Waals surface area contributed by atoms with Gasteiger partial charge in [0.1, 0.15) is 0 Å². The van der Waals surface area contributed by atoms with Crippen LogP contribution in [0.1, 0.15) is 23.2 Å². The minimum Gasteiger partial charge on any atom is -0.381 e. The largest absolute Gasteiger partial charge is 0.381 e. The molecule has 1 fully saturated rings. The Morgan fingerprint density at radius 2 is 2.00 bits per heavy atom. The van der Waals surface area contributed by atoms with Crippen molar-refractivity contribution < 1.29 is 14.3 Å². The molecular formula is C14H19N3O3. The Hall–Kier alpha value is -1.92. The van der Waals surface area contributed by atoms with Gasteiger partial charge in [-0.1, -0.05) is 6.07 Å². The van der Waals surface area contributed by atoms with E-state index >= 15 is 0 Å². The lowest BCUT2D eigenvalue weighted by Crippen LogP contribution is -2.46. The summed E-state index contributed by atoms with van der Waals surface area (Å²) in [4.78, 5) is 23.6. The van der Waals surface area contributed by atoms with E-state index in [2.05, 4.69) is 5.32 Å². The quantitative estimate of drug-likeness (QED) is 0.744. The molecule has 0 aromatic heterocycles. The zero-order valence-corrected chi connectivity index (χ0v) is 11.2. The van der Waals surface area contributed by atoms with E-state index in [0.29, 0.717) is 37.3 Å². The molecule has 2 amide bonds. The first-order chi connectivity index (χ1) is 9.57. The van der Waals surface area contributed by atoms with E-state index in [9.17, 15) is 9.59 Å². The average Bonchev–Trinajstić information content (AvgIpc) is 2.48. The number of anilines is 1. The molecule has 0 atom stereocenters. The number of primary amides is 1. The summed E-state index contributed by atoms with van der Waals surface area (Å²) in [6.07, 6.45) is 1.20. The summed E-state index contributed by atoms with van der Waals surface area (Å²) in [6.45, 7) is 1.34.